The second-order valence-electron chi connectivity index (χ2n) is 4.78. The number of thioether (sulfide) groups is 1. The number of aryl methyl sites for hydroxylation is 1. The Labute approximate surface area is 121 Å². The van der Waals surface area contributed by atoms with E-state index < -0.39 is 0 Å². The van der Waals surface area contributed by atoms with Gasteiger partial charge in [0.1, 0.15) is 0 Å². The Morgan fingerprint density at radius 3 is 3.05 bits per heavy atom. The van der Waals surface area contributed by atoms with E-state index in [-0.39, 0.29) is 11.9 Å². The summed E-state index contributed by atoms with van der Waals surface area (Å²) in [5, 5.41) is 13.3. The van der Waals surface area contributed by atoms with Crippen LogP contribution in [0, 0.1) is 6.92 Å². The Balaban J connectivity index is 1.75. The molecule has 3 N–H and O–H groups in total. The first kappa shape index (κ1) is 13.2. The van der Waals surface area contributed by atoms with E-state index in [9.17, 15) is 4.79 Å². The lowest BCUT2D eigenvalue weighted by atomic mass is 10.1. The molecule has 0 bridgehead atoms. The van der Waals surface area contributed by atoms with E-state index in [1.54, 1.807) is 11.8 Å². The van der Waals surface area contributed by atoms with Crippen LogP contribution in [0.2, 0.25) is 0 Å². The lowest BCUT2D eigenvalue weighted by molar-refractivity contribution is -0.117. The van der Waals surface area contributed by atoms with Crippen LogP contribution in [0.1, 0.15) is 5.69 Å². The van der Waals surface area contributed by atoms with Gasteiger partial charge in [-0.05, 0) is 25.1 Å². The Kier molecular flexibility index (Phi) is 3.75. The van der Waals surface area contributed by atoms with E-state index in [2.05, 4.69) is 20.8 Å². The lowest BCUT2D eigenvalue weighted by Gasteiger charge is -2.11. The summed E-state index contributed by atoms with van der Waals surface area (Å²) in [6, 6.07) is 9.62. The van der Waals surface area contributed by atoms with Crippen molar-refractivity contribution >= 4 is 23.4 Å². The average Bonchev–Trinajstić information content (AvgIpc) is 3.10. The zero-order valence-electron chi connectivity index (χ0n) is 11.1. The predicted molar refractivity (Wildman–Crippen MR) is 81.6 cm³/mol. The molecule has 3 rings (SSSR count). The first-order valence-corrected chi connectivity index (χ1v) is 7.62. The third kappa shape index (κ3) is 2.86. The Morgan fingerprint density at radius 1 is 1.45 bits per heavy atom. The summed E-state index contributed by atoms with van der Waals surface area (Å²) in [4.78, 5) is 12.1. The van der Waals surface area contributed by atoms with Gasteiger partial charge in [-0.3, -0.25) is 15.2 Å². The maximum absolute atomic E-state index is 12.1. The molecule has 104 valence electrons. The minimum absolute atomic E-state index is 0.0189. The standard InChI is InChI=1S/C14H16N4OS/c1-9-5-12(18-17-9)10-3-2-4-11(6-10)16-14(19)13-7-20-8-15-13/h2-6,13,15H,7-8H2,1H3,(H,16,19)(H,17,18). The van der Waals surface area contributed by atoms with Crippen LogP contribution in [0.15, 0.2) is 30.3 Å². The minimum atomic E-state index is -0.101. The smallest absolute Gasteiger partial charge is 0.242 e. The summed E-state index contributed by atoms with van der Waals surface area (Å²) in [5.41, 5.74) is 3.68. The zero-order valence-corrected chi connectivity index (χ0v) is 12.0. The van der Waals surface area contributed by atoms with Gasteiger partial charge in [-0.1, -0.05) is 12.1 Å². The molecule has 1 aliphatic rings. The van der Waals surface area contributed by atoms with E-state index in [1.807, 2.05) is 37.3 Å². The van der Waals surface area contributed by atoms with Gasteiger partial charge in [-0.15, -0.1) is 11.8 Å². The van der Waals surface area contributed by atoms with Crippen LogP contribution in [0.25, 0.3) is 11.3 Å². The number of nitrogens with one attached hydrogen (secondary N) is 3. The van der Waals surface area contributed by atoms with Crippen molar-refractivity contribution in [2.24, 2.45) is 0 Å². The number of amides is 1. The van der Waals surface area contributed by atoms with Crippen molar-refractivity contribution in [3.63, 3.8) is 0 Å². The monoisotopic (exact) mass is 288 g/mol. The molecule has 1 fully saturated rings. The topological polar surface area (TPSA) is 69.8 Å². The van der Waals surface area contributed by atoms with Gasteiger partial charge in [-0.2, -0.15) is 5.10 Å². The van der Waals surface area contributed by atoms with Crippen molar-refractivity contribution in [1.82, 2.24) is 15.5 Å². The SMILES string of the molecule is Cc1cc(-c2cccc(NC(=O)C3CSCN3)c2)n[nH]1. The number of anilines is 1. The minimum Gasteiger partial charge on any atom is -0.325 e. The summed E-state index contributed by atoms with van der Waals surface area (Å²) in [6.07, 6.45) is 0. The number of rotatable bonds is 3. The molecule has 2 heterocycles. The van der Waals surface area contributed by atoms with E-state index in [1.165, 1.54) is 0 Å². The normalized spacial score (nSPS) is 18.1. The van der Waals surface area contributed by atoms with Gasteiger partial charge >= 0.3 is 0 Å². The lowest BCUT2D eigenvalue weighted by Crippen LogP contribution is -2.37. The quantitative estimate of drug-likeness (QED) is 0.808. The molecule has 1 aromatic heterocycles. The van der Waals surface area contributed by atoms with Gasteiger partial charge in [0.25, 0.3) is 0 Å². The fourth-order valence-electron chi connectivity index (χ4n) is 2.12. The molecule has 1 aromatic carbocycles. The Hall–Kier alpha value is -1.79. The maximum atomic E-state index is 12.1. The second kappa shape index (κ2) is 5.68. The number of carbonyl (C=O) groups is 1. The number of nitrogens with zero attached hydrogens (tertiary/aromatic N) is 1. The number of hydrogen-bond donors (Lipinski definition) is 3. The molecular formula is C14H16N4OS. The van der Waals surface area contributed by atoms with Crippen LogP contribution in [0.3, 0.4) is 0 Å². The highest BCUT2D eigenvalue weighted by Crippen LogP contribution is 2.22. The van der Waals surface area contributed by atoms with Crippen molar-refractivity contribution in [3.8, 4) is 11.3 Å². The molecule has 1 aliphatic heterocycles. The van der Waals surface area contributed by atoms with Gasteiger partial charge in [0, 0.05) is 28.6 Å². The molecule has 0 saturated carbocycles. The van der Waals surface area contributed by atoms with Crippen molar-refractivity contribution in [2.75, 3.05) is 16.9 Å². The second-order valence-corrected chi connectivity index (χ2v) is 5.81. The van der Waals surface area contributed by atoms with Crippen molar-refractivity contribution < 1.29 is 4.79 Å². The maximum Gasteiger partial charge on any atom is 0.242 e. The summed E-state index contributed by atoms with van der Waals surface area (Å²) in [7, 11) is 0. The molecule has 2 aromatic rings. The Morgan fingerprint density at radius 2 is 2.35 bits per heavy atom. The number of H-pyrrole nitrogens is 1. The van der Waals surface area contributed by atoms with Crippen LogP contribution in [-0.2, 0) is 4.79 Å². The fraction of sp³-hybridized carbons (Fsp3) is 0.286. The molecule has 0 spiro atoms. The molecular weight excluding hydrogens is 272 g/mol. The highest BCUT2D eigenvalue weighted by molar-refractivity contribution is 7.99. The van der Waals surface area contributed by atoms with Gasteiger partial charge < -0.3 is 5.32 Å². The largest absolute Gasteiger partial charge is 0.325 e. The van der Waals surface area contributed by atoms with Crippen molar-refractivity contribution in [2.45, 2.75) is 13.0 Å². The number of hydrogen-bond acceptors (Lipinski definition) is 4. The highest BCUT2D eigenvalue weighted by Gasteiger charge is 2.22. The predicted octanol–water partition coefficient (Wildman–Crippen LogP) is 1.99. The first-order chi connectivity index (χ1) is 9.72. The number of aromatic amines is 1. The summed E-state index contributed by atoms with van der Waals surface area (Å²) < 4.78 is 0. The Bertz CT molecular complexity index is 619. The van der Waals surface area contributed by atoms with Crippen LogP contribution >= 0.6 is 11.8 Å². The molecule has 0 aliphatic carbocycles. The summed E-state index contributed by atoms with van der Waals surface area (Å²) in [6.45, 7) is 1.96. The van der Waals surface area contributed by atoms with Crippen LogP contribution in [0.4, 0.5) is 5.69 Å². The molecule has 1 atom stereocenters. The molecule has 0 radical (unpaired) electrons. The average molecular weight is 288 g/mol. The summed E-state index contributed by atoms with van der Waals surface area (Å²) in [5.74, 6) is 1.68. The number of aromatic nitrogens is 2. The van der Waals surface area contributed by atoms with E-state index in [0.717, 1.165) is 34.3 Å². The van der Waals surface area contributed by atoms with Gasteiger partial charge in [-0.25, -0.2) is 0 Å². The van der Waals surface area contributed by atoms with Crippen molar-refractivity contribution in [1.29, 1.82) is 0 Å². The third-order valence-corrected chi connectivity index (χ3v) is 4.10. The van der Waals surface area contributed by atoms with E-state index in [0.29, 0.717) is 0 Å². The first-order valence-electron chi connectivity index (χ1n) is 6.47. The third-order valence-electron chi connectivity index (χ3n) is 3.16. The molecule has 1 unspecified atom stereocenters. The molecule has 5 nitrogen and oxygen atoms in total. The fourth-order valence-corrected chi connectivity index (χ4v) is 3.06. The molecule has 6 heteroatoms. The van der Waals surface area contributed by atoms with Crippen LogP contribution in [0.5, 0.6) is 0 Å². The van der Waals surface area contributed by atoms with Gasteiger partial charge in [0.15, 0.2) is 0 Å². The van der Waals surface area contributed by atoms with Crippen LogP contribution in [-0.4, -0.2) is 33.8 Å². The zero-order chi connectivity index (χ0) is 13.9. The summed E-state index contributed by atoms with van der Waals surface area (Å²) >= 11 is 1.74. The van der Waals surface area contributed by atoms with Crippen molar-refractivity contribution in [3.05, 3.63) is 36.0 Å². The highest BCUT2D eigenvalue weighted by atomic mass is 32.2. The molecule has 1 saturated heterocycles. The van der Waals surface area contributed by atoms with Gasteiger partial charge in [0.2, 0.25) is 5.91 Å². The van der Waals surface area contributed by atoms with Crippen LogP contribution < -0.4 is 10.6 Å². The van der Waals surface area contributed by atoms with E-state index >= 15 is 0 Å². The molecule has 20 heavy (non-hydrogen) atoms. The number of benzene rings is 1. The van der Waals surface area contributed by atoms with Gasteiger partial charge in [0.05, 0.1) is 11.7 Å². The number of carbonyl (C=O) groups excluding carboxylic acids is 1. The van der Waals surface area contributed by atoms with E-state index in [4.69, 9.17) is 0 Å². The molecule has 1 amide bonds.